The predicted molar refractivity (Wildman–Crippen MR) is 87.1 cm³/mol. The maximum atomic E-state index is 3.66. The van der Waals surface area contributed by atoms with Crippen molar-refractivity contribution >= 4 is 0 Å². The van der Waals surface area contributed by atoms with E-state index in [0.717, 1.165) is 19.0 Å². The Bertz CT molecular complexity index is 385. The van der Waals surface area contributed by atoms with Gasteiger partial charge in [-0.05, 0) is 44.3 Å². The summed E-state index contributed by atoms with van der Waals surface area (Å²) in [5.41, 5.74) is 2.77. The molecule has 0 bridgehead atoms. The number of hydrogen-bond acceptors (Lipinski definition) is 2. The fourth-order valence-corrected chi connectivity index (χ4v) is 3.24. The Kier molecular flexibility index (Phi) is 6.06. The molecule has 20 heavy (non-hydrogen) atoms. The maximum Gasteiger partial charge on any atom is 0.0449 e. The summed E-state index contributed by atoms with van der Waals surface area (Å²) in [4.78, 5) is 2.66. The average molecular weight is 274 g/mol. The van der Waals surface area contributed by atoms with Gasteiger partial charge in [-0.3, -0.25) is 0 Å². The summed E-state index contributed by atoms with van der Waals surface area (Å²) < 4.78 is 0. The van der Waals surface area contributed by atoms with Crippen molar-refractivity contribution in [2.75, 3.05) is 26.2 Å². The normalized spacial score (nSPS) is 21.9. The molecule has 1 fully saturated rings. The average Bonchev–Trinajstić information content (AvgIpc) is 2.48. The highest BCUT2D eigenvalue weighted by molar-refractivity contribution is 5.24. The van der Waals surface area contributed by atoms with Crippen LogP contribution in [0.15, 0.2) is 24.3 Å². The van der Waals surface area contributed by atoms with E-state index in [9.17, 15) is 0 Å². The van der Waals surface area contributed by atoms with E-state index >= 15 is 0 Å². The van der Waals surface area contributed by atoms with Gasteiger partial charge in [0, 0.05) is 19.1 Å². The second-order valence-corrected chi connectivity index (χ2v) is 6.20. The fraction of sp³-hybridized carbons (Fsp3) is 0.667. The highest BCUT2D eigenvalue weighted by Crippen LogP contribution is 2.22. The van der Waals surface area contributed by atoms with Gasteiger partial charge < -0.3 is 10.2 Å². The molecule has 1 aromatic rings. The van der Waals surface area contributed by atoms with Crippen LogP contribution in [0.5, 0.6) is 0 Å². The van der Waals surface area contributed by atoms with Crippen LogP contribution in [-0.4, -0.2) is 31.1 Å². The first-order chi connectivity index (χ1) is 9.72. The van der Waals surface area contributed by atoms with Crippen LogP contribution < -0.4 is 5.32 Å². The standard InChI is InChI=1S/C18H30N2/c1-4-16-7-6-12-20(13-16)14-18(19-5-2)17-10-8-15(3)9-11-17/h8-11,16,18-19H,4-7,12-14H2,1-3H3. The number of likely N-dealkylation sites (tertiary alicyclic amines) is 1. The summed E-state index contributed by atoms with van der Waals surface area (Å²) in [5, 5.41) is 3.66. The first kappa shape index (κ1) is 15.5. The lowest BCUT2D eigenvalue weighted by Crippen LogP contribution is -2.41. The Balaban J connectivity index is 1.99. The van der Waals surface area contributed by atoms with Gasteiger partial charge in [0.05, 0.1) is 0 Å². The van der Waals surface area contributed by atoms with E-state index in [1.807, 2.05) is 0 Å². The lowest BCUT2D eigenvalue weighted by molar-refractivity contribution is 0.157. The zero-order valence-electron chi connectivity index (χ0n) is 13.4. The summed E-state index contributed by atoms with van der Waals surface area (Å²) >= 11 is 0. The minimum Gasteiger partial charge on any atom is -0.309 e. The van der Waals surface area contributed by atoms with E-state index < -0.39 is 0 Å². The summed E-state index contributed by atoms with van der Waals surface area (Å²) in [7, 11) is 0. The Labute approximate surface area is 124 Å². The Hall–Kier alpha value is -0.860. The topological polar surface area (TPSA) is 15.3 Å². The molecule has 0 spiro atoms. The molecule has 0 amide bonds. The molecule has 2 unspecified atom stereocenters. The van der Waals surface area contributed by atoms with E-state index in [2.05, 4.69) is 55.3 Å². The van der Waals surface area contributed by atoms with Crippen LogP contribution in [0.4, 0.5) is 0 Å². The summed E-state index contributed by atoms with van der Waals surface area (Å²) in [6.07, 6.45) is 4.11. The number of aryl methyl sites for hydroxylation is 1. The molecule has 1 aliphatic rings. The van der Waals surface area contributed by atoms with Gasteiger partial charge >= 0.3 is 0 Å². The van der Waals surface area contributed by atoms with Crippen LogP contribution >= 0.6 is 0 Å². The van der Waals surface area contributed by atoms with Crippen molar-refractivity contribution in [3.05, 3.63) is 35.4 Å². The van der Waals surface area contributed by atoms with Crippen LogP contribution in [0.3, 0.4) is 0 Å². The van der Waals surface area contributed by atoms with E-state index in [1.54, 1.807) is 0 Å². The zero-order chi connectivity index (χ0) is 14.4. The van der Waals surface area contributed by atoms with Crippen LogP contribution in [-0.2, 0) is 0 Å². The number of hydrogen-bond donors (Lipinski definition) is 1. The van der Waals surface area contributed by atoms with Gasteiger partial charge in [-0.25, -0.2) is 0 Å². The predicted octanol–water partition coefficient (Wildman–Crippen LogP) is 3.77. The van der Waals surface area contributed by atoms with Gasteiger partial charge in [0.15, 0.2) is 0 Å². The quantitative estimate of drug-likeness (QED) is 0.849. The second kappa shape index (κ2) is 7.80. The lowest BCUT2D eigenvalue weighted by atomic mass is 9.94. The van der Waals surface area contributed by atoms with Gasteiger partial charge in [0.2, 0.25) is 0 Å². The van der Waals surface area contributed by atoms with Crippen molar-refractivity contribution in [3.8, 4) is 0 Å². The summed E-state index contributed by atoms with van der Waals surface area (Å²) in [6.45, 7) is 11.4. The number of nitrogens with one attached hydrogen (secondary N) is 1. The molecule has 0 saturated carbocycles. The van der Waals surface area contributed by atoms with Crippen molar-refractivity contribution in [1.29, 1.82) is 0 Å². The molecular weight excluding hydrogens is 244 g/mol. The molecule has 1 aliphatic heterocycles. The van der Waals surface area contributed by atoms with Crippen molar-refractivity contribution < 1.29 is 0 Å². The minimum atomic E-state index is 0.469. The largest absolute Gasteiger partial charge is 0.309 e. The number of nitrogens with zero attached hydrogens (tertiary/aromatic N) is 1. The first-order valence-electron chi connectivity index (χ1n) is 8.25. The van der Waals surface area contributed by atoms with Crippen LogP contribution in [0.2, 0.25) is 0 Å². The lowest BCUT2D eigenvalue weighted by Gasteiger charge is -2.35. The second-order valence-electron chi connectivity index (χ2n) is 6.20. The molecule has 112 valence electrons. The molecule has 0 aliphatic carbocycles. The molecule has 2 nitrogen and oxygen atoms in total. The van der Waals surface area contributed by atoms with Crippen molar-refractivity contribution in [1.82, 2.24) is 10.2 Å². The van der Waals surface area contributed by atoms with Gasteiger partial charge in [0.1, 0.15) is 0 Å². The Morgan fingerprint density at radius 2 is 2.00 bits per heavy atom. The maximum absolute atomic E-state index is 3.66. The Morgan fingerprint density at radius 1 is 1.25 bits per heavy atom. The third-order valence-corrected chi connectivity index (χ3v) is 4.55. The number of benzene rings is 1. The fourth-order valence-electron chi connectivity index (χ4n) is 3.24. The van der Waals surface area contributed by atoms with Crippen LogP contribution in [0, 0.1) is 12.8 Å². The number of rotatable bonds is 6. The van der Waals surface area contributed by atoms with E-state index in [4.69, 9.17) is 0 Å². The molecule has 0 aromatic heterocycles. The highest BCUT2D eigenvalue weighted by Gasteiger charge is 2.21. The minimum absolute atomic E-state index is 0.469. The van der Waals surface area contributed by atoms with Gasteiger partial charge in [-0.15, -0.1) is 0 Å². The van der Waals surface area contributed by atoms with Gasteiger partial charge in [-0.2, -0.15) is 0 Å². The molecule has 2 atom stereocenters. The highest BCUT2D eigenvalue weighted by atomic mass is 15.2. The van der Waals surface area contributed by atoms with Crippen LogP contribution in [0.1, 0.15) is 50.3 Å². The van der Waals surface area contributed by atoms with E-state index in [-0.39, 0.29) is 0 Å². The SMILES string of the molecule is CCNC(CN1CCCC(CC)C1)c1ccc(C)cc1. The summed E-state index contributed by atoms with van der Waals surface area (Å²) in [6, 6.07) is 9.49. The molecule has 0 radical (unpaired) electrons. The molecule has 2 rings (SSSR count). The van der Waals surface area contributed by atoms with Crippen molar-refractivity contribution in [2.45, 2.75) is 46.1 Å². The monoisotopic (exact) mass is 274 g/mol. The Morgan fingerprint density at radius 3 is 2.65 bits per heavy atom. The van der Waals surface area contributed by atoms with Gasteiger partial charge in [0.25, 0.3) is 0 Å². The molecular formula is C18H30N2. The first-order valence-corrected chi connectivity index (χ1v) is 8.25. The van der Waals surface area contributed by atoms with Crippen molar-refractivity contribution in [2.24, 2.45) is 5.92 Å². The van der Waals surface area contributed by atoms with Crippen molar-refractivity contribution in [3.63, 3.8) is 0 Å². The smallest absolute Gasteiger partial charge is 0.0449 e. The van der Waals surface area contributed by atoms with E-state index in [1.165, 1.54) is 43.5 Å². The molecule has 2 heteroatoms. The van der Waals surface area contributed by atoms with Gasteiger partial charge in [-0.1, -0.05) is 50.1 Å². The third kappa shape index (κ3) is 4.32. The molecule has 1 aromatic carbocycles. The zero-order valence-corrected chi connectivity index (χ0v) is 13.4. The molecule has 1 saturated heterocycles. The number of piperidine rings is 1. The van der Waals surface area contributed by atoms with E-state index in [0.29, 0.717) is 6.04 Å². The third-order valence-electron chi connectivity index (χ3n) is 4.55. The molecule has 1 heterocycles. The number of likely N-dealkylation sites (N-methyl/N-ethyl adjacent to an activating group) is 1. The summed E-state index contributed by atoms with van der Waals surface area (Å²) in [5.74, 6) is 0.907. The molecule has 1 N–H and O–H groups in total. The van der Waals surface area contributed by atoms with Crippen LogP contribution in [0.25, 0.3) is 0 Å².